The molecule has 1 fully saturated rings. The summed E-state index contributed by atoms with van der Waals surface area (Å²) >= 11 is 0. The lowest BCUT2D eigenvalue weighted by Gasteiger charge is -2.36. The van der Waals surface area contributed by atoms with Crippen LogP contribution < -0.4 is 15.5 Å². The first-order valence-electron chi connectivity index (χ1n) is 9.44. The number of nitrogens with one attached hydrogen (secondary N) is 2. The van der Waals surface area contributed by atoms with E-state index in [2.05, 4.69) is 25.4 Å². The maximum atomic E-state index is 13.0. The summed E-state index contributed by atoms with van der Waals surface area (Å²) in [5.41, 5.74) is 1.09. The topological polar surface area (TPSA) is 56.0 Å². The summed E-state index contributed by atoms with van der Waals surface area (Å²) in [5, 5.41) is 6.66. The van der Waals surface area contributed by atoms with Crippen LogP contribution >= 0.6 is 0 Å². The zero-order chi connectivity index (χ0) is 18.9. The molecule has 1 aromatic carbocycles. The number of aliphatic imine (C=N–C) groups is 1. The van der Waals surface area contributed by atoms with Gasteiger partial charge in [-0.05, 0) is 36.4 Å². The third-order valence-electron chi connectivity index (χ3n) is 4.75. The molecule has 2 aromatic rings. The first-order valence-corrected chi connectivity index (χ1v) is 9.44. The van der Waals surface area contributed by atoms with Crippen LogP contribution in [0.25, 0.3) is 0 Å². The molecule has 0 atom stereocenters. The van der Waals surface area contributed by atoms with Gasteiger partial charge in [-0.25, -0.2) is 4.39 Å². The van der Waals surface area contributed by atoms with Gasteiger partial charge in [0.05, 0.1) is 6.26 Å². The smallest absolute Gasteiger partial charge is 0.191 e. The summed E-state index contributed by atoms with van der Waals surface area (Å²) < 4.78 is 18.4. The minimum absolute atomic E-state index is 0.186. The van der Waals surface area contributed by atoms with Crippen LogP contribution in [0.4, 0.5) is 10.1 Å². The van der Waals surface area contributed by atoms with E-state index >= 15 is 0 Å². The Bertz CT molecular complexity index is 694. The summed E-state index contributed by atoms with van der Waals surface area (Å²) in [6, 6.07) is 10.6. The van der Waals surface area contributed by atoms with Gasteiger partial charge in [-0.3, -0.25) is 9.89 Å². The molecule has 6 nitrogen and oxygen atoms in total. The SMILES string of the molecule is CN=C(NCCc1ccco1)NCCN1CCN(c2ccc(F)cc2)CC1. The molecule has 0 unspecified atom stereocenters. The van der Waals surface area contributed by atoms with Crippen molar-refractivity contribution in [2.75, 3.05) is 57.8 Å². The van der Waals surface area contributed by atoms with E-state index in [0.29, 0.717) is 0 Å². The highest BCUT2D eigenvalue weighted by atomic mass is 19.1. The molecule has 7 heteroatoms. The number of furan rings is 1. The van der Waals surface area contributed by atoms with Crippen LogP contribution in [0.15, 0.2) is 52.1 Å². The van der Waals surface area contributed by atoms with Gasteiger partial charge in [-0.2, -0.15) is 0 Å². The van der Waals surface area contributed by atoms with E-state index < -0.39 is 0 Å². The Kier molecular flexibility index (Phi) is 7.10. The molecule has 146 valence electrons. The second kappa shape index (κ2) is 9.97. The fourth-order valence-corrected chi connectivity index (χ4v) is 3.19. The van der Waals surface area contributed by atoms with Crippen LogP contribution in [-0.4, -0.2) is 63.7 Å². The molecule has 27 heavy (non-hydrogen) atoms. The summed E-state index contributed by atoms with van der Waals surface area (Å²) in [4.78, 5) is 8.99. The largest absolute Gasteiger partial charge is 0.469 e. The van der Waals surface area contributed by atoms with Gasteiger partial charge in [0.1, 0.15) is 11.6 Å². The van der Waals surface area contributed by atoms with Gasteiger partial charge in [0, 0.05) is 65.0 Å². The molecule has 1 saturated heterocycles. The van der Waals surface area contributed by atoms with Crippen LogP contribution in [0.5, 0.6) is 0 Å². The van der Waals surface area contributed by atoms with E-state index in [9.17, 15) is 4.39 Å². The number of guanidine groups is 1. The fraction of sp³-hybridized carbons (Fsp3) is 0.450. The van der Waals surface area contributed by atoms with Crippen LogP contribution in [0.2, 0.25) is 0 Å². The molecule has 3 rings (SSSR count). The monoisotopic (exact) mass is 373 g/mol. The van der Waals surface area contributed by atoms with E-state index in [1.54, 1.807) is 13.3 Å². The normalized spacial score (nSPS) is 15.8. The fourth-order valence-electron chi connectivity index (χ4n) is 3.19. The van der Waals surface area contributed by atoms with Crippen LogP contribution in [0.3, 0.4) is 0 Å². The molecular formula is C20H28FN5O. The highest BCUT2D eigenvalue weighted by molar-refractivity contribution is 5.79. The molecule has 2 N–H and O–H groups in total. The Hall–Kier alpha value is -2.54. The Morgan fingerprint density at radius 2 is 1.81 bits per heavy atom. The van der Waals surface area contributed by atoms with E-state index in [-0.39, 0.29) is 5.82 Å². The van der Waals surface area contributed by atoms with E-state index in [1.807, 2.05) is 24.3 Å². The molecule has 0 spiro atoms. The number of halogens is 1. The Labute approximate surface area is 160 Å². The molecule has 0 aliphatic carbocycles. The van der Waals surface area contributed by atoms with E-state index in [1.165, 1.54) is 12.1 Å². The third kappa shape index (κ3) is 5.99. The lowest BCUT2D eigenvalue weighted by atomic mass is 10.2. The molecule has 1 aliphatic rings. The van der Waals surface area contributed by atoms with Gasteiger partial charge in [-0.15, -0.1) is 0 Å². The van der Waals surface area contributed by atoms with E-state index in [0.717, 1.165) is 69.6 Å². The molecule has 0 amide bonds. The van der Waals surface area contributed by atoms with Crippen LogP contribution in [-0.2, 0) is 6.42 Å². The predicted octanol–water partition coefficient (Wildman–Crippen LogP) is 1.95. The maximum absolute atomic E-state index is 13.0. The lowest BCUT2D eigenvalue weighted by Crippen LogP contribution is -2.49. The first kappa shape index (κ1) is 19.2. The Balaban J connectivity index is 1.31. The third-order valence-corrected chi connectivity index (χ3v) is 4.75. The molecule has 0 bridgehead atoms. The van der Waals surface area contributed by atoms with Crippen LogP contribution in [0.1, 0.15) is 5.76 Å². The average molecular weight is 373 g/mol. The van der Waals surface area contributed by atoms with Crippen molar-refractivity contribution in [2.45, 2.75) is 6.42 Å². The molecular weight excluding hydrogens is 345 g/mol. The number of piperazine rings is 1. The average Bonchev–Trinajstić information content (AvgIpc) is 3.21. The van der Waals surface area contributed by atoms with Gasteiger partial charge in [0.2, 0.25) is 0 Å². The van der Waals surface area contributed by atoms with Crippen molar-refractivity contribution < 1.29 is 8.81 Å². The van der Waals surface area contributed by atoms with Gasteiger partial charge in [0.25, 0.3) is 0 Å². The zero-order valence-electron chi connectivity index (χ0n) is 15.8. The van der Waals surface area contributed by atoms with Crippen molar-refractivity contribution in [3.63, 3.8) is 0 Å². The molecule has 0 radical (unpaired) electrons. The van der Waals surface area contributed by atoms with Crippen molar-refractivity contribution in [2.24, 2.45) is 4.99 Å². The maximum Gasteiger partial charge on any atom is 0.191 e. The minimum atomic E-state index is -0.186. The van der Waals surface area contributed by atoms with Crippen molar-refractivity contribution in [1.82, 2.24) is 15.5 Å². The summed E-state index contributed by atoms with van der Waals surface area (Å²) in [6.07, 6.45) is 2.53. The minimum Gasteiger partial charge on any atom is -0.469 e. The Morgan fingerprint density at radius 3 is 2.48 bits per heavy atom. The summed E-state index contributed by atoms with van der Waals surface area (Å²) in [7, 11) is 1.78. The predicted molar refractivity (Wildman–Crippen MR) is 107 cm³/mol. The second-order valence-corrected chi connectivity index (χ2v) is 6.56. The van der Waals surface area contributed by atoms with Crippen molar-refractivity contribution in [3.8, 4) is 0 Å². The number of benzene rings is 1. The van der Waals surface area contributed by atoms with E-state index in [4.69, 9.17) is 4.42 Å². The Morgan fingerprint density at radius 1 is 1.07 bits per heavy atom. The standard InChI is InChI=1S/C20H28FN5O/c1-22-20(23-9-8-19-3-2-16-27-19)24-10-11-25-12-14-26(15-13-25)18-6-4-17(21)5-7-18/h2-7,16H,8-15H2,1H3,(H2,22,23,24). The van der Waals surface area contributed by atoms with Gasteiger partial charge in [0.15, 0.2) is 5.96 Å². The summed E-state index contributed by atoms with van der Waals surface area (Å²) in [5.74, 6) is 1.60. The zero-order valence-corrected chi connectivity index (χ0v) is 15.8. The van der Waals surface area contributed by atoms with Gasteiger partial charge < -0.3 is 20.0 Å². The number of nitrogens with zero attached hydrogens (tertiary/aromatic N) is 3. The lowest BCUT2D eigenvalue weighted by molar-refractivity contribution is 0.261. The quantitative estimate of drug-likeness (QED) is 0.574. The molecule has 0 saturated carbocycles. The molecule has 2 heterocycles. The summed E-state index contributed by atoms with van der Waals surface area (Å²) in [6.45, 7) is 6.52. The second-order valence-electron chi connectivity index (χ2n) is 6.56. The van der Waals surface area contributed by atoms with Crippen molar-refractivity contribution in [3.05, 3.63) is 54.2 Å². The molecule has 1 aromatic heterocycles. The van der Waals surface area contributed by atoms with Gasteiger partial charge in [-0.1, -0.05) is 0 Å². The number of hydrogen-bond donors (Lipinski definition) is 2. The highest BCUT2D eigenvalue weighted by Crippen LogP contribution is 2.16. The van der Waals surface area contributed by atoms with Crippen molar-refractivity contribution in [1.29, 1.82) is 0 Å². The highest BCUT2D eigenvalue weighted by Gasteiger charge is 2.16. The van der Waals surface area contributed by atoms with Crippen LogP contribution in [0, 0.1) is 5.82 Å². The number of anilines is 1. The number of hydrogen-bond acceptors (Lipinski definition) is 4. The van der Waals surface area contributed by atoms with Gasteiger partial charge >= 0.3 is 0 Å². The first-order chi connectivity index (χ1) is 13.2. The molecule has 1 aliphatic heterocycles. The number of rotatable bonds is 7. The van der Waals surface area contributed by atoms with Crippen molar-refractivity contribution >= 4 is 11.6 Å².